The molecule has 2 aliphatic carbocycles. The number of rotatable bonds is 18. The second-order valence-electron chi connectivity index (χ2n) is 18.6. The zero-order valence-electron chi connectivity index (χ0n) is 39.8. The lowest BCUT2D eigenvalue weighted by Gasteiger charge is -2.27. The Bertz CT molecular complexity index is 2640. The molecular formula is C58H64N2O8. The number of benzene rings is 4. The van der Waals surface area contributed by atoms with Gasteiger partial charge in [-0.3, -0.25) is 19.2 Å². The van der Waals surface area contributed by atoms with Gasteiger partial charge in [0.15, 0.2) is 5.75 Å². The van der Waals surface area contributed by atoms with Gasteiger partial charge in [0.25, 0.3) is 0 Å². The van der Waals surface area contributed by atoms with E-state index in [4.69, 9.17) is 23.9 Å². The van der Waals surface area contributed by atoms with Crippen molar-refractivity contribution in [1.29, 1.82) is 0 Å². The van der Waals surface area contributed by atoms with E-state index in [0.29, 0.717) is 99.4 Å². The zero-order chi connectivity index (χ0) is 47.4. The Morgan fingerprint density at radius 1 is 0.559 bits per heavy atom. The Morgan fingerprint density at radius 2 is 1.00 bits per heavy atom. The molecule has 68 heavy (non-hydrogen) atoms. The van der Waals surface area contributed by atoms with Gasteiger partial charge in [0.05, 0.1) is 17.5 Å². The molecule has 2 aromatic heterocycles. The van der Waals surface area contributed by atoms with Crippen LogP contribution >= 0.6 is 0 Å². The minimum Gasteiger partial charge on any atom is -0.462 e. The first-order valence-electron chi connectivity index (χ1n) is 24.8. The van der Waals surface area contributed by atoms with Crippen molar-refractivity contribution < 1.29 is 38.1 Å². The van der Waals surface area contributed by atoms with Crippen molar-refractivity contribution in [3.8, 4) is 28.4 Å². The molecule has 2 fully saturated rings. The van der Waals surface area contributed by atoms with Crippen molar-refractivity contribution in [1.82, 2.24) is 9.55 Å². The van der Waals surface area contributed by atoms with Crippen LogP contribution in [0.25, 0.3) is 27.8 Å². The Kier molecular flexibility index (Phi) is 16.2. The first-order valence-corrected chi connectivity index (χ1v) is 24.8. The molecule has 0 radical (unpaired) electrons. The second kappa shape index (κ2) is 23.0. The number of esters is 4. The quantitative estimate of drug-likeness (QED) is 0.0612. The summed E-state index contributed by atoms with van der Waals surface area (Å²) in [5.41, 5.74) is 8.63. The predicted molar refractivity (Wildman–Crippen MR) is 264 cm³/mol. The molecule has 8 rings (SSSR count). The van der Waals surface area contributed by atoms with Crippen LogP contribution in [0.1, 0.15) is 119 Å². The Labute approximate surface area is 400 Å². The molecule has 10 nitrogen and oxygen atoms in total. The Hall–Kier alpha value is -6.55. The number of fused-ring (bicyclic) bond motifs is 1. The highest BCUT2D eigenvalue weighted by Gasteiger charge is 2.32. The van der Waals surface area contributed by atoms with Crippen molar-refractivity contribution in [3.63, 3.8) is 0 Å². The summed E-state index contributed by atoms with van der Waals surface area (Å²) in [5, 5.41) is 0.589. The van der Waals surface area contributed by atoms with Crippen LogP contribution in [0.3, 0.4) is 0 Å². The van der Waals surface area contributed by atoms with Gasteiger partial charge in [0.1, 0.15) is 23.5 Å². The van der Waals surface area contributed by atoms with Crippen molar-refractivity contribution >= 4 is 34.8 Å². The van der Waals surface area contributed by atoms with E-state index in [9.17, 15) is 19.2 Å². The van der Waals surface area contributed by atoms with E-state index < -0.39 is 0 Å². The average molecular weight is 917 g/mol. The molecular weight excluding hydrogens is 853 g/mol. The summed E-state index contributed by atoms with van der Waals surface area (Å²) in [6.45, 7) is 6.27. The van der Waals surface area contributed by atoms with E-state index in [-0.39, 0.29) is 53.7 Å². The van der Waals surface area contributed by atoms with Crippen LogP contribution in [0, 0.1) is 18.8 Å². The van der Waals surface area contributed by atoms with Gasteiger partial charge in [0.2, 0.25) is 0 Å². The van der Waals surface area contributed by atoms with Gasteiger partial charge in [-0.2, -0.15) is 0 Å². The summed E-state index contributed by atoms with van der Waals surface area (Å²) in [5.74, 6) is -1.26. The third kappa shape index (κ3) is 12.5. The van der Waals surface area contributed by atoms with Gasteiger partial charge >= 0.3 is 23.9 Å². The number of pyridine rings is 1. The number of hydrogen-bond acceptors (Lipinski definition) is 9. The number of aryl methyl sites for hydroxylation is 5. The maximum absolute atomic E-state index is 13.9. The minimum absolute atomic E-state index is 0.218. The molecule has 0 saturated heterocycles. The molecule has 0 bridgehead atoms. The van der Waals surface area contributed by atoms with E-state index in [1.165, 1.54) is 11.1 Å². The van der Waals surface area contributed by atoms with Gasteiger partial charge in [-0.05, 0) is 154 Å². The number of aromatic nitrogens is 2. The fourth-order valence-electron chi connectivity index (χ4n) is 9.62. The predicted octanol–water partition coefficient (Wildman–Crippen LogP) is 12.2. The van der Waals surface area contributed by atoms with Crippen molar-refractivity contribution in [3.05, 3.63) is 143 Å². The highest BCUT2D eigenvalue weighted by atomic mass is 16.6. The molecule has 0 N–H and O–H groups in total. The molecule has 354 valence electrons. The summed E-state index contributed by atoms with van der Waals surface area (Å²) in [6, 6.07) is 34.2. The lowest BCUT2D eigenvalue weighted by atomic mass is 9.87. The molecule has 0 aliphatic heterocycles. The smallest absolute Gasteiger partial charge is 0.314 e. The van der Waals surface area contributed by atoms with E-state index in [1.54, 1.807) is 12.1 Å². The fraction of sp³-hybridized carbons (Fsp3) is 0.397. The summed E-state index contributed by atoms with van der Waals surface area (Å²) in [7, 11) is 0. The molecule has 2 aliphatic rings. The van der Waals surface area contributed by atoms with Gasteiger partial charge in [0, 0.05) is 41.9 Å². The lowest BCUT2D eigenvalue weighted by molar-refractivity contribution is -0.153. The maximum Gasteiger partial charge on any atom is 0.314 e. The summed E-state index contributed by atoms with van der Waals surface area (Å²) in [4.78, 5) is 58.4. The lowest BCUT2D eigenvalue weighted by Crippen LogP contribution is -2.30. The van der Waals surface area contributed by atoms with Gasteiger partial charge in [-0.15, -0.1) is 0 Å². The molecule has 2 saturated carbocycles. The summed E-state index contributed by atoms with van der Waals surface area (Å²) in [6.07, 6.45) is 14.1. The Morgan fingerprint density at radius 3 is 1.47 bits per heavy atom. The summed E-state index contributed by atoms with van der Waals surface area (Å²) < 4.78 is 26.1. The second-order valence-corrected chi connectivity index (χ2v) is 18.6. The van der Waals surface area contributed by atoms with Crippen molar-refractivity contribution in [2.75, 3.05) is 0 Å². The SMILES string of the molecule is CCCc1ccc(CCC(=O)OC2CCC(C(=O)Oc3ccc(OC(=O)C4CCC(OC(=O)CCc5ccc(CCC)cc5)CC4)c4c(C)cc(-c5ccc(-n6cccc6)cc5)nc34)CC2)cc1. The first-order chi connectivity index (χ1) is 33.1. The van der Waals surface area contributed by atoms with Crippen molar-refractivity contribution in [2.45, 2.75) is 136 Å². The number of carbonyl (C=O) groups excluding carboxylic acids is 4. The molecule has 0 atom stereocenters. The van der Waals surface area contributed by atoms with Crippen LogP contribution in [0.15, 0.2) is 116 Å². The normalized spacial score (nSPS) is 18.2. The van der Waals surface area contributed by atoms with Crippen LogP contribution in [-0.2, 0) is 54.3 Å². The highest BCUT2D eigenvalue weighted by Crippen LogP contribution is 2.39. The number of carbonyl (C=O) groups is 4. The number of hydrogen-bond donors (Lipinski definition) is 0. The maximum atomic E-state index is 13.9. The number of ether oxygens (including phenoxy) is 4. The number of nitrogens with zero attached hydrogens (tertiary/aromatic N) is 2. The largest absolute Gasteiger partial charge is 0.462 e. The van der Waals surface area contributed by atoms with Gasteiger partial charge in [-0.1, -0.05) is 87.4 Å². The monoisotopic (exact) mass is 916 g/mol. The van der Waals surface area contributed by atoms with Crippen LogP contribution in [0.4, 0.5) is 0 Å². The minimum atomic E-state index is -0.373. The molecule has 2 heterocycles. The van der Waals surface area contributed by atoms with E-state index in [2.05, 4.69) is 62.4 Å². The third-order valence-electron chi connectivity index (χ3n) is 13.5. The van der Waals surface area contributed by atoms with Gasteiger partial charge in [-0.25, -0.2) is 4.98 Å². The first kappa shape index (κ1) is 47.9. The third-order valence-corrected chi connectivity index (χ3v) is 13.5. The zero-order valence-corrected chi connectivity index (χ0v) is 39.8. The van der Waals surface area contributed by atoms with E-state index in [0.717, 1.165) is 53.6 Å². The average Bonchev–Trinajstić information content (AvgIpc) is 3.90. The van der Waals surface area contributed by atoms with Crippen LogP contribution in [0.5, 0.6) is 11.5 Å². The van der Waals surface area contributed by atoms with Crippen LogP contribution in [0.2, 0.25) is 0 Å². The van der Waals surface area contributed by atoms with Gasteiger partial charge < -0.3 is 23.5 Å². The molecule has 4 aromatic carbocycles. The molecule has 10 heteroatoms. The topological polar surface area (TPSA) is 123 Å². The van der Waals surface area contributed by atoms with Crippen LogP contribution in [-0.4, -0.2) is 45.6 Å². The van der Waals surface area contributed by atoms with Crippen molar-refractivity contribution in [2.24, 2.45) is 11.8 Å². The van der Waals surface area contributed by atoms with E-state index >= 15 is 0 Å². The standard InChI is InChI=1S/C58H64N2O8/c1-4-8-40-10-14-42(15-11-40)18-34-53(61)65-48-28-22-45(23-29-48)57(63)67-51-32-33-52(56-55(51)39(3)38-50(59-56)44-20-26-47(27-21-44)60-36-6-7-37-60)68-58(64)46-24-30-49(31-25-46)66-54(62)35-19-43-16-12-41(9-5-2)13-17-43/h6-7,10-17,20-21,26-27,32-33,36-38,45-46,48-49H,4-5,8-9,18-19,22-25,28-31,34-35H2,1-3H3. The molecule has 0 spiro atoms. The van der Waals surface area contributed by atoms with E-state index in [1.807, 2.05) is 66.3 Å². The van der Waals surface area contributed by atoms with Crippen LogP contribution < -0.4 is 9.47 Å². The highest BCUT2D eigenvalue weighted by molar-refractivity contribution is 5.97. The fourth-order valence-corrected chi connectivity index (χ4v) is 9.62. The summed E-state index contributed by atoms with van der Waals surface area (Å²) >= 11 is 0. The molecule has 0 unspecified atom stereocenters. The molecule has 6 aromatic rings. The Balaban J connectivity index is 0.903. The molecule has 0 amide bonds.